The number of benzene rings is 2. The average Bonchev–Trinajstić information content (AvgIpc) is 2.92. The molecule has 0 spiro atoms. The minimum atomic E-state index is 0.525. The number of carbonyl (C=O) groups excluding carboxylic acids is 1. The molecule has 1 heterocycles. The van der Waals surface area contributed by atoms with Crippen LogP contribution in [0.5, 0.6) is 5.75 Å². The Morgan fingerprint density at radius 1 is 1.23 bits per heavy atom. The number of methoxy groups -OCH3 is 1. The summed E-state index contributed by atoms with van der Waals surface area (Å²) in [7, 11) is 1.60. The van der Waals surface area contributed by atoms with Gasteiger partial charge in [-0.3, -0.25) is 4.79 Å². The van der Waals surface area contributed by atoms with E-state index in [1.807, 2.05) is 31.2 Å². The van der Waals surface area contributed by atoms with E-state index in [0.717, 1.165) is 28.3 Å². The lowest BCUT2D eigenvalue weighted by Crippen LogP contribution is -1.91. The van der Waals surface area contributed by atoms with Crippen LogP contribution in [0, 0.1) is 18.3 Å². The summed E-state index contributed by atoms with van der Waals surface area (Å²) in [5.74, 6) is 0.695. The minimum Gasteiger partial charge on any atom is -0.496 e. The van der Waals surface area contributed by atoms with E-state index in [1.54, 1.807) is 19.2 Å². The van der Waals surface area contributed by atoms with Crippen molar-refractivity contribution in [1.82, 2.24) is 4.98 Å². The second-order valence-corrected chi connectivity index (χ2v) is 5.11. The number of aldehydes is 1. The largest absolute Gasteiger partial charge is 0.496 e. The third-order valence-corrected chi connectivity index (χ3v) is 3.71. The maximum atomic E-state index is 11.6. The van der Waals surface area contributed by atoms with Gasteiger partial charge >= 0.3 is 0 Å². The summed E-state index contributed by atoms with van der Waals surface area (Å²) in [4.78, 5) is 14.9. The van der Waals surface area contributed by atoms with E-state index < -0.39 is 0 Å². The number of nitriles is 1. The van der Waals surface area contributed by atoms with Crippen molar-refractivity contribution in [2.45, 2.75) is 6.92 Å². The number of aryl methyl sites for hydroxylation is 1. The first-order valence-electron chi connectivity index (χ1n) is 6.84. The van der Waals surface area contributed by atoms with Gasteiger partial charge in [0.05, 0.1) is 24.4 Å². The van der Waals surface area contributed by atoms with E-state index in [2.05, 4.69) is 11.1 Å². The molecule has 0 radical (unpaired) electrons. The van der Waals surface area contributed by atoms with Crippen LogP contribution in [0.2, 0.25) is 0 Å². The molecule has 0 bridgehead atoms. The van der Waals surface area contributed by atoms with Gasteiger partial charge < -0.3 is 9.72 Å². The van der Waals surface area contributed by atoms with Crippen LogP contribution in [0.3, 0.4) is 0 Å². The van der Waals surface area contributed by atoms with Crippen LogP contribution in [0.4, 0.5) is 0 Å². The van der Waals surface area contributed by atoms with Gasteiger partial charge in [0.1, 0.15) is 5.75 Å². The smallest absolute Gasteiger partial charge is 0.152 e. The van der Waals surface area contributed by atoms with Crippen molar-refractivity contribution in [3.63, 3.8) is 0 Å². The third kappa shape index (κ3) is 2.13. The first-order valence-corrected chi connectivity index (χ1v) is 6.84. The van der Waals surface area contributed by atoms with Crippen molar-refractivity contribution in [1.29, 1.82) is 5.26 Å². The second kappa shape index (κ2) is 5.38. The molecule has 2 aromatic carbocycles. The number of H-pyrrole nitrogens is 1. The summed E-state index contributed by atoms with van der Waals surface area (Å²) in [6, 6.07) is 13.2. The number of rotatable bonds is 3. The monoisotopic (exact) mass is 290 g/mol. The number of ether oxygens (including phenoxy) is 1. The molecule has 0 aliphatic carbocycles. The van der Waals surface area contributed by atoms with Crippen molar-refractivity contribution in [2.24, 2.45) is 0 Å². The number of fused-ring (bicyclic) bond motifs is 1. The lowest BCUT2D eigenvalue weighted by Gasteiger charge is -2.08. The number of aromatic amines is 1. The standard InChI is InChI=1S/C18H14N2O2/c1-11-3-6-17(22-2)14(7-11)18-15(10-21)13-8-12(9-19)4-5-16(13)20-18/h3-8,10,20H,1-2H3. The van der Waals surface area contributed by atoms with E-state index in [-0.39, 0.29) is 0 Å². The number of nitrogens with one attached hydrogen (secondary N) is 1. The van der Waals surface area contributed by atoms with Gasteiger partial charge in [0.25, 0.3) is 0 Å². The number of hydrogen-bond donors (Lipinski definition) is 1. The van der Waals surface area contributed by atoms with E-state index in [4.69, 9.17) is 10.00 Å². The molecule has 4 heteroatoms. The first kappa shape index (κ1) is 13.9. The van der Waals surface area contributed by atoms with Crippen LogP contribution in [-0.2, 0) is 0 Å². The van der Waals surface area contributed by atoms with E-state index in [0.29, 0.717) is 22.6 Å². The van der Waals surface area contributed by atoms with Crippen LogP contribution in [0.15, 0.2) is 36.4 Å². The van der Waals surface area contributed by atoms with Gasteiger partial charge in [-0.2, -0.15) is 5.26 Å². The van der Waals surface area contributed by atoms with Crippen LogP contribution < -0.4 is 4.74 Å². The zero-order valence-corrected chi connectivity index (χ0v) is 12.3. The van der Waals surface area contributed by atoms with E-state index >= 15 is 0 Å². The molecule has 0 aliphatic heterocycles. The number of carbonyl (C=O) groups is 1. The molecule has 22 heavy (non-hydrogen) atoms. The van der Waals surface area contributed by atoms with Crippen LogP contribution >= 0.6 is 0 Å². The average molecular weight is 290 g/mol. The van der Waals surface area contributed by atoms with Gasteiger partial charge in [-0.1, -0.05) is 11.6 Å². The Morgan fingerprint density at radius 3 is 2.73 bits per heavy atom. The molecule has 0 aliphatic rings. The van der Waals surface area contributed by atoms with Gasteiger partial charge in [0.15, 0.2) is 6.29 Å². The normalized spacial score (nSPS) is 10.4. The van der Waals surface area contributed by atoms with Gasteiger partial charge in [0, 0.05) is 22.0 Å². The van der Waals surface area contributed by atoms with Crippen molar-refractivity contribution < 1.29 is 9.53 Å². The summed E-state index contributed by atoms with van der Waals surface area (Å²) in [5, 5.41) is 9.78. The summed E-state index contributed by atoms with van der Waals surface area (Å²) >= 11 is 0. The highest BCUT2D eigenvalue weighted by Gasteiger charge is 2.16. The predicted octanol–water partition coefficient (Wildman–Crippen LogP) is 3.84. The van der Waals surface area contributed by atoms with E-state index in [9.17, 15) is 4.79 Å². The van der Waals surface area contributed by atoms with E-state index in [1.165, 1.54) is 0 Å². The van der Waals surface area contributed by atoms with Crippen molar-refractivity contribution in [3.8, 4) is 23.1 Å². The molecule has 3 aromatic rings. The molecule has 0 saturated heterocycles. The van der Waals surface area contributed by atoms with Gasteiger partial charge in [0.2, 0.25) is 0 Å². The molecule has 0 atom stereocenters. The van der Waals surface area contributed by atoms with Gasteiger partial charge in [-0.15, -0.1) is 0 Å². The minimum absolute atomic E-state index is 0.525. The molecule has 0 amide bonds. The Hall–Kier alpha value is -3.06. The molecule has 0 unspecified atom stereocenters. The summed E-state index contributed by atoms with van der Waals surface area (Å²) in [6.45, 7) is 1.99. The highest BCUT2D eigenvalue weighted by Crippen LogP contribution is 2.35. The Bertz CT molecular complexity index is 917. The lowest BCUT2D eigenvalue weighted by atomic mass is 10.0. The fourth-order valence-corrected chi connectivity index (χ4v) is 2.63. The summed E-state index contributed by atoms with van der Waals surface area (Å²) < 4.78 is 5.41. The molecule has 0 saturated carbocycles. The molecule has 0 fully saturated rings. The summed E-state index contributed by atoms with van der Waals surface area (Å²) in [6.07, 6.45) is 0.817. The molecule has 3 rings (SSSR count). The first-order chi connectivity index (χ1) is 10.7. The second-order valence-electron chi connectivity index (χ2n) is 5.11. The van der Waals surface area contributed by atoms with Gasteiger partial charge in [-0.25, -0.2) is 0 Å². The zero-order chi connectivity index (χ0) is 15.7. The molecule has 4 nitrogen and oxygen atoms in total. The van der Waals surface area contributed by atoms with Crippen molar-refractivity contribution in [3.05, 3.63) is 53.1 Å². The Labute approximate surface area is 128 Å². The highest BCUT2D eigenvalue weighted by molar-refractivity contribution is 6.05. The van der Waals surface area contributed by atoms with Crippen LogP contribution in [0.25, 0.3) is 22.2 Å². The Kier molecular flexibility index (Phi) is 3.40. The number of nitrogens with zero attached hydrogens (tertiary/aromatic N) is 1. The molecular formula is C18H14N2O2. The van der Waals surface area contributed by atoms with Gasteiger partial charge in [-0.05, 0) is 37.3 Å². The third-order valence-electron chi connectivity index (χ3n) is 3.71. The summed E-state index contributed by atoms with van der Waals surface area (Å²) in [5.41, 5.74) is 4.50. The Morgan fingerprint density at radius 2 is 2.05 bits per heavy atom. The predicted molar refractivity (Wildman–Crippen MR) is 85.1 cm³/mol. The fourth-order valence-electron chi connectivity index (χ4n) is 2.63. The Balaban J connectivity index is 2.34. The van der Waals surface area contributed by atoms with Crippen LogP contribution in [-0.4, -0.2) is 18.4 Å². The SMILES string of the molecule is COc1ccc(C)cc1-c1[nH]c2ccc(C#N)cc2c1C=O. The van der Waals surface area contributed by atoms with Crippen LogP contribution in [0.1, 0.15) is 21.5 Å². The number of hydrogen-bond acceptors (Lipinski definition) is 3. The maximum absolute atomic E-state index is 11.6. The molecule has 108 valence electrons. The fraction of sp³-hybridized carbons (Fsp3) is 0.111. The zero-order valence-electron chi connectivity index (χ0n) is 12.3. The molecule has 1 N–H and O–H groups in total. The lowest BCUT2D eigenvalue weighted by molar-refractivity contribution is 0.112. The van der Waals surface area contributed by atoms with Crippen molar-refractivity contribution in [2.75, 3.05) is 7.11 Å². The topological polar surface area (TPSA) is 65.9 Å². The highest BCUT2D eigenvalue weighted by atomic mass is 16.5. The number of aromatic nitrogens is 1. The maximum Gasteiger partial charge on any atom is 0.152 e. The quantitative estimate of drug-likeness (QED) is 0.745. The molecule has 1 aromatic heterocycles. The van der Waals surface area contributed by atoms with Crippen molar-refractivity contribution >= 4 is 17.2 Å². The molecular weight excluding hydrogens is 276 g/mol.